The fourth-order valence-corrected chi connectivity index (χ4v) is 9.04. The second kappa shape index (κ2) is 12.9. The van der Waals surface area contributed by atoms with E-state index in [2.05, 4.69) is 15.0 Å². The third kappa shape index (κ3) is 6.96. The Balaban J connectivity index is 1.30. The largest absolute Gasteiger partial charge is 0.423 e. The van der Waals surface area contributed by atoms with E-state index in [-0.39, 0.29) is 29.8 Å². The molecule has 4 atom stereocenters. The minimum absolute atomic E-state index is 0.0372. The van der Waals surface area contributed by atoms with Gasteiger partial charge in [0.1, 0.15) is 23.4 Å². The SMILES string of the molecule is CC(Cn1cnc2c(N)ncnc21)OCP(=O)(Oc1ccc(F)cc1)OC1CSSC(c2ccccc2CO)C1. The molecule has 4 aromatic rings. The highest BCUT2D eigenvalue weighted by molar-refractivity contribution is 8.76. The molecule has 3 heterocycles. The number of nitrogens with two attached hydrogens (primary N) is 1. The van der Waals surface area contributed by atoms with Gasteiger partial charge in [0.05, 0.1) is 31.7 Å². The van der Waals surface area contributed by atoms with Crippen LogP contribution < -0.4 is 10.3 Å². The number of aliphatic hydroxyl groups is 1. The van der Waals surface area contributed by atoms with Gasteiger partial charge in [-0.2, -0.15) is 0 Å². The van der Waals surface area contributed by atoms with Crippen molar-refractivity contribution in [3.8, 4) is 5.75 Å². The Hall–Kier alpha value is -2.67. The van der Waals surface area contributed by atoms with Crippen molar-refractivity contribution in [2.24, 2.45) is 0 Å². The molecule has 40 heavy (non-hydrogen) atoms. The van der Waals surface area contributed by atoms with Crippen molar-refractivity contribution in [1.29, 1.82) is 0 Å². The Bertz CT molecular complexity index is 1490. The molecule has 1 fully saturated rings. The second-order valence-electron chi connectivity index (χ2n) is 9.28. The van der Waals surface area contributed by atoms with Gasteiger partial charge in [-0.05, 0) is 48.7 Å². The van der Waals surface area contributed by atoms with Crippen LogP contribution in [0.3, 0.4) is 0 Å². The topological polar surface area (TPSA) is 135 Å². The number of imidazole rings is 1. The molecule has 1 aliphatic heterocycles. The number of halogens is 1. The highest BCUT2D eigenvalue weighted by Crippen LogP contribution is 2.55. The van der Waals surface area contributed by atoms with E-state index in [1.165, 1.54) is 30.6 Å². The molecule has 1 aliphatic rings. The summed E-state index contributed by atoms with van der Waals surface area (Å²) in [6.07, 6.45) is 2.41. The third-order valence-electron chi connectivity index (χ3n) is 6.26. The summed E-state index contributed by atoms with van der Waals surface area (Å²) in [4.78, 5) is 12.5. The number of benzene rings is 2. The van der Waals surface area contributed by atoms with Crippen molar-refractivity contribution in [2.45, 2.75) is 44.0 Å². The quantitative estimate of drug-likeness (QED) is 0.164. The maximum atomic E-state index is 14.1. The second-order valence-corrected chi connectivity index (χ2v) is 13.8. The van der Waals surface area contributed by atoms with Crippen LogP contribution in [0.5, 0.6) is 5.75 Å². The minimum atomic E-state index is -3.85. The molecule has 5 rings (SSSR count). The van der Waals surface area contributed by atoms with Crippen LogP contribution in [0.25, 0.3) is 11.2 Å². The number of ether oxygens (including phenoxy) is 1. The predicted octanol–water partition coefficient (Wildman–Crippen LogP) is 5.59. The van der Waals surface area contributed by atoms with Crippen molar-refractivity contribution >= 4 is 46.2 Å². The lowest BCUT2D eigenvalue weighted by atomic mass is 10.0. The van der Waals surface area contributed by atoms with Crippen molar-refractivity contribution in [3.63, 3.8) is 0 Å². The Labute approximate surface area is 238 Å². The van der Waals surface area contributed by atoms with Gasteiger partial charge in [-0.1, -0.05) is 45.9 Å². The first-order valence-corrected chi connectivity index (χ1v) is 16.7. The fourth-order valence-electron chi connectivity index (χ4n) is 4.33. The molecule has 0 aliphatic carbocycles. The summed E-state index contributed by atoms with van der Waals surface area (Å²) >= 11 is 0. The van der Waals surface area contributed by atoms with Gasteiger partial charge in [-0.25, -0.2) is 23.9 Å². The zero-order chi connectivity index (χ0) is 28.1. The van der Waals surface area contributed by atoms with E-state index in [0.29, 0.717) is 29.9 Å². The lowest BCUT2D eigenvalue weighted by molar-refractivity contribution is 0.0672. The van der Waals surface area contributed by atoms with Crippen LogP contribution in [-0.2, 0) is 27.0 Å². The van der Waals surface area contributed by atoms with Crippen LogP contribution in [0.15, 0.2) is 61.2 Å². The number of rotatable bonds is 11. The zero-order valence-corrected chi connectivity index (χ0v) is 24.2. The van der Waals surface area contributed by atoms with E-state index >= 15 is 0 Å². The van der Waals surface area contributed by atoms with E-state index in [1.54, 1.807) is 32.5 Å². The Morgan fingerprint density at radius 2 is 2.00 bits per heavy atom. The van der Waals surface area contributed by atoms with E-state index < -0.39 is 25.6 Å². The number of nitrogen functional groups attached to an aromatic ring is 1. The van der Waals surface area contributed by atoms with Crippen molar-refractivity contribution in [2.75, 3.05) is 17.8 Å². The smallest absolute Gasteiger partial charge is 0.405 e. The highest BCUT2D eigenvalue weighted by atomic mass is 33.1. The van der Waals surface area contributed by atoms with Crippen LogP contribution in [-0.4, -0.2) is 48.9 Å². The van der Waals surface area contributed by atoms with Gasteiger partial charge in [0.15, 0.2) is 17.8 Å². The summed E-state index contributed by atoms with van der Waals surface area (Å²) in [5, 5.41) is 9.83. The maximum Gasteiger partial charge on any atom is 0.405 e. The van der Waals surface area contributed by atoms with E-state index in [0.717, 1.165) is 11.1 Å². The molecular formula is C26H29FN5O5PS2. The van der Waals surface area contributed by atoms with Gasteiger partial charge in [0.25, 0.3) is 0 Å². The maximum absolute atomic E-state index is 14.1. The molecule has 2 aromatic heterocycles. The monoisotopic (exact) mass is 605 g/mol. The van der Waals surface area contributed by atoms with Gasteiger partial charge in [0.2, 0.25) is 0 Å². The Kier molecular flexibility index (Phi) is 9.29. The molecule has 0 bridgehead atoms. The summed E-state index contributed by atoms with van der Waals surface area (Å²) in [6.45, 7) is 2.12. The third-order valence-corrected chi connectivity index (χ3v) is 10.7. The Morgan fingerprint density at radius 3 is 2.80 bits per heavy atom. The first-order valence-electron chi connectivity index (χ1n) is 12.6. The normalized spacial score (nSPS) is 19.8. The summed E-state index contributed by atoms with van der Waals surface area (Å²) in [5.41, 5.74) is 8.81. The average molecular weight is 606 g/mol. The van der Waals surface area contributed by atoms with E-state index in [9.17, 15) is 14.1 Å². The van der Waals surface area contributed by atoms with Crippen molar-refractivity contribution in [3.05, 3.63) is 78.1 Å². The molecule has 0 spiro atoms. The van der Waals surface area contributed by atoms with Gasteiger partial charge in [0, 0.05) is 11.0 Å². The molecule has 0 radical (unpaired) electrons. The summed E-state index contributed by atoms with van der Waals surface area (Å²) < 4.78 is 47.4. The number of nitrogens with zero attached hydrogens (tertiary/aromatic N) is 4. The van der Waals surface area contributed by atoms with Crippen molar-refractivity contribution in [1.82, 2.24) is 19.5 Å². The van der Waals surface area contributed by atoms with E-state index in [1.807, 2.05) is 31.2 Å². The number of fused-ring (bicyclic) bond motifs is 1. The molecule has 0 saturated carbocycles. The molecule has 2 aromatic carbocycles. The molecule has 1 saturated heterocycles. The minimum Gasteiger partial charge on any atom is -0.423 e. The van der Waals surface area contributed by atoms with Crippen LogP contribution in [0.2, 0.25) is 0 Å². The van der Waals surface area contributed by atoms with Crippen molar-refractivity contribution < 1.29 is 27.8 Å². The fraction of sp³-hybridized carbons (Fsp3) is 0.346. The summed E-state index contributed by atoms with van der Waals surface area (Å²) in [7, 11) is -0.537. The lowest BCUT2D eigenvalue weighted by Crippen LogP contribution is -2.24. The van der Waals surface area contributed by atoms with Gasteiger partial charge in [-0.3, -0.25) is 4.52 Å². The summed E-state index contributed by atoms with van der Waals surface area (Å²) in [5.74, 6) is 0.660. The van der Waals surface area contributed by atoms with Gasteiger partial charge >= 0.3 is 7.60 Å². The highest BCUT2D eigenvalue weighted by Gasteiger charge is 2.36. The number of aliphatic hydroxyl groups excluding tert-OH is 1. The predicted molar refractivity (Wildman–Crippen MR) is 154 cm³/mol. The number of aromatic nitrogens is 4. The van der Waals surface area contributed by atoms with Gasteiger partial charge in [-0.15, -0.1) is 0 Å². The molecule has 3 N–H and O–H groups in total. The van der Waals surface area contributed by atoms with Crippen LogP contribution in [0, 0.1) is 5.82 Å². The van der Waals surface area contributed by atoms with Crippen LogP contribution >= 0.6 is 29.2 Å². The molecule has 10 nitrogen and oxygen atoms in total. The molecule has 212 valence electrons. The number of hydrogen-bond donors (Lipinski definition) is 2. The summed E-state index contributed by atoms with van der Waals surface area (Å²) in [6, 6.07) is 13.0. The zero-order valence-electron chi connectivity index (χ0n) is 21.6. The molecule has 14 heteroatoms. The van der Waals surface area contributed by atoms with Gasteiger partial charge < -0.3 is 24.7 Å². The number of anilines is 1. The average Bonchev–Trinajstić information content (AvgIpc) is 3.37. The molecule has 0 amide bonds. The molecular weight excluding hydrogens is 576 g/mol. The lowest BCUT2D eigenvalue weighted by Gasteiger charge is -2.32. The molecule has 4 unspecified atom stereocenters. The number of hydrogen-bond acceptors (Lipinski definition) is 11. The van der Waals surface area contributed by atoms with Crippen LogP contribution in [0.1, 0.15) is 29.7 Å². The first-order chi connectivity index (χ1) is 19.3. The van der Waals surface area contributed by atoms with E-state index in [4.69, 9.17) is 19.5 Å². The van der Waals surface area contributed by atoms with Crippen LogP contribution in [0.4, 0.5) is 10.2 Å². The first kappa shape index (κ1) is 28.8. The standard InChI is InChI=1S/C26H29FN5O5PS2/c1-17(11-32-15-31-24-25(28)29-14-30-26(24)32)35-16-38(34,36-20-8-6-19(27)7-9-20)37-21-10-23(40-39-13-21)22-5-3-2-4-18(22)12-33/h2-9,14-15,17,21,23,33H,10-13,16H2,1H3,(H2,28,29,30). The Morgan fingerprint density at radius 1 is 1.20 bits per heavy atom.